The SMILES string of the molecule is COc1nc(C(C)Cl)no1. The zero-order chi connectivity index (χ0) is 7.56. The quantitative estimate of drug-likeness (QED) is 0.617. The predicted molar refractivity (Wildman–Crippen MR) is 35.1 cm³/mol. The molecule has 0 aliphatic rings. The van der Waals surface area contributed by atoms with Crippen molar-refractivity contribution in [3.63, 3.8) is 0 Å². The first-order chi connectivity index (χ1) is 4.74. The lowest BCUT2D eigenvalue weighted by molar-refractivity contribution is 0.250. The molecule has 0 radical (unpaired) electrons. The number of rotatable bonds is 2. The van der Waals surface area contributed by atoms with Crippen molar-refractivity contribution in [2.45, 2.75) is 12.3 Å². The molecule has 0 saturated heterocycles. The lowest BCUT2D eigenvalue weighted by atomic mass is 10.5. The summed E-state index contributed by atoms with van der Waals surface area (Å²) in [6, 6.07) is 0. The summed E-state index contributed by atoms with van der Waals surface area (Å²) >= 11 is 5.63. The van der Waals surface area contributed by atoms with Crippen molar-refractivity contribution in [1.29, 1.82) is 0 Å². The van der Waals surface area contributed by atoms with Crippen molar-refractivity contribution in [2.24, 2.45) is 0 Å². The van der Waals surface area contributed by atoms with Gasteiger partial charge in [-0.25, -0.2) is 0 Å². The Labute approximate surface area is 63.1 Å². The van der Waals surface area contributed by atoms with Gasteiger partial charge in [0.15, 0.2) is 5.82 Å². The number of methoxy groups -OCH3 is 1. The second-order valence-corrected chi connectivity index (χ2v) is 2.39. The van der Waals surface area contributed by atoms with Crippen LogP contribution in [-0.2, 0) is 0 Å². The number of aromatic nitrogens is 2. The molecule has 1 heterocycles. The summed E-state index contributed by atoms with van der Waals surface area (Å²) in [6.45, 7) is 1.76. The zero-order valence-corrected chi connectivity index (χ0v) is 6.42. The first-order valence-corrected chi connectivity index (χ1v) is 3.19. The molecule has 0 spiro atoms. The molecule has 1 aromatic heterocycles. The van der Waals surface area contributed by atoms with Crippen LogP contribution in [0, 0.1) is 0 Å². The maximum atomic E-state index is 5.63. The fraction of sp³-hybridized carbons (Fsp3) is 0.600. The molecule has 0 aliphatic heterocycles. The highest BCUT2D eigenvalue weighted by Gasteiger charge is 2.09. The zero-order valence-electron chi connectivity index (χ0n) is 5.67. The summed E-state index contributed by atoms with van der Waals surface area (Å²) in [6.07, 6.45) is 0.141. The molecule has 5 heteroatoms. The number of alkyl halides is 1. The van der Waals surface area contributed by atoms with Crippen LogP contribution in [0.1, 0.15) is 18.1 Å². The largest absolute Gasteiger partial charge is 0.452 e. The van der Waals surface area contributed by atoms with E-state index in [0.29, 0.717) is 5.82 Å². The van der Waals surface area contributed by atoms with Crippen LogP contribution in [0.2, 0.25) is 0 Å². The van der Waals surface area contributed by atoms with Crippen LogP contribution in [0.4, 0.5) is 0 Å². The number of halogens is 1. The van der Waals surface area contributed by atoms with E-state index in [1.165, 1.54) is 7.11 Å². The topological polar surface area (TPSA) is 48.2 Å². The highest BCUT2D eigenvalue weighted by atomic mass is 35.5. The molecule has 0 fully saturated rings. The third-order valence-electron chi connectivity index (χ3n) is 0.954. The monoisotopic (exact) mass is 162 g/mol. The summed E-state index contributed by atoms with van der Waals surface area (Å²) in [5.74, 6) is 0.443. The molecular formula is C5H7ClN2O2. The van der Waals surface area contributed by atoms with Crippen molar-refractivity contribution in [1.82, 2.24) is 10.1 Å². The Morgan fingerprint density at radius 3 is 2.70 bits per heavy atom. The number of ether oxygens (including phenoxy) is 1. The third kappa shape index (κ3) is 1.39. The van der Waals surface area contributed by atoms with Gasteiger partial charge in [-0.3, -0.25) is 4.52 Å². The molecule has 0 amide bonds. The van der Waals surface area contributed by atoms with Crippen LogP contribution in [-0.4, -0.2) is 17.3 Å². The lowest BCUT2D eigenvalue weighted by Gasteiger charge is -1.88. The Morgan fingerprint density at radius 1 is 1.70 bits per heavy atom. The van der Waals surface area contributed by atoms with E-state index in [0.717, 1.165) is 0 Å². The highest BCUT2D eigenvalue weighted by Crippen LogP contribution is 2.17. The molecule has 0 saturated carbocycles. The summed E-state index contributed by atoms with van der Waals surface area (Å²) < 4.78 is 9.25. The van der Waals surface area contributed by atoms with E-state index in [9.17, 15) is 0 Å². The third-order valence-corrected chi connectivity index (χ3v) is 1.15. The molecule has 4 nitrogen and oxygen atoms in total. The van der Waals surface area contributed by atoms with E-state index in [-0.39, 0.29) is 11.5 Å². The fourth-order valence-corrected chi connectivity index (χ4v) is 0.553. The van der Waals surface area contributed by atoms with Crippen LogP contribution in [0.15, 0.2) is 4.52 Å². The van der Waals surface area contributed by atoms with E-state index in [4.69, 9.17) is 11.6 Å². The van der Waals surface area contributed by atoms with Gasteiger partial charge in [0.25, 0.3) is 0 Å². The molecule has 1 rings (SSSR count). The molecule has 0 aromatic carbocycles. The van der Waals surface area contributed by atoms with E-state index < -0.39 is 0 Å². The van der Waals surface area contributed by atoms with Gasteiger partial charge < -0.3 is 4.74 Å². The minimum Gasteiger partial charge on any atom is -0.452 e. The average molecular weight is 163 g/mol. The van der Waals surface area contributed by atoms with Gasteiger partial charge in [-0.2, -0.15) is 4.98 Å². The van der Waals surface area contributed by atoms with E-state index in [1.807, 2.05) is 0 Å². The van der Waals surface area contributed by atoms with Gasteiger partial charge in [-0.15, -0.1) is 11.6 Å². The number of hydrogen-bond donors (Lipinski definition) is 0. The van der Waals surface area contributed by atoms with Crippen LogP contribution < -0.4 is 4.74 Å². The van der Waals surface area contributed by atoms with Gasteiger partial charge >= 0.3 is 6.08 Å². The van der Waals surface area contributed by atoms with Crippen molar-refractivity contribution in [2.75, 3.05) is 7.11 Å². The standard InChI is InChI=1S/C5H7ClN2O2/c1-3(6)4-7-5(9-2)10-8-4/h3H,1-2H3. The normalized spacial score (nSPS) is 13.1. The Kier molecular flexibility index (Phi) is 2.11. The van der Waals surface area contributed by atoms with E-state index in [2.05, 4.69) is 19.4 Å². The average Bonchev–Trinajstić information content (AvgIpc) is 2.34. The molecule has 0 aliphatic carbocycles. The number of hydrogen-bond acceptors (Lipinski definition) is 4. The van der Waals surface area contributed by atoms with Crippen LogP contribution >= 0.6 is 11.6 Å². The Morgan fingerprint density at radius 2 is 2.40 bits per heavy atom. The van der Waals surface area contributed by atoms with Gasteiger partial charge in [-0.05, 0) is 6.92 Å². The van der Waals surface area contributed by atoms with Crippen molar-refractivity contribution in [3.8, 4) is 6.08 Å². The molecule has 0 bridgehead atoms. The second-order valence-electron chi connectivity index (χ2n) is 1.74. The summed E-state index contributed by atoms with van der Waals surface area (Å²) in [5.41, 5.74) is 0. The lowest BCUT2D eigenvalue weighted by Crippen LogP contribution is -1.87. The second kappa shape index (κ2) is 2.88. The molecule has 56 valence electrons. The molecule has 0 N–H and O–H groups in total. The van der Waals surface area contributed by atoms with Gasteiger partial charge in [-0.1, -0.05) is 5.16 Å². The minimum atomic E-state index is -0.243. The van der Waals surface area contributed by atoms with Crippen LogP contribution in [0.25, 0.3) is 0 Å². The van der Waals surface area contributed by atoms with E-state index >= 15 is 0 Å². The summed E-state index contributed by atoms with van der Waals surface area (Å²) in [7, 11) is 1.45. The van der Waals surface area contributed by atoms with Crippen molar-refractivity contribution >= 4 is 11.6 Å². The van der Waals surface area contributed by atoms with E-state index in [1.54, 1.807) is 6.92 Å². The van der Waals surface area contributed by atoms with Crippen LogP contribution in [0.5, 0.6) is 6.08 Å². The first kappa shape index (κ1) is 7.34. The van der Waals surface area contributed by atoms with Gasteiger partial charge in [0.1, 0.15) is 0 Å². The Balaban J connectivity index is 2.78. The Hall–Kier alpha value is -0.770. The minimum absolute atomic E-state index is 0.141. The summed E-state index contributed by atoms with van der Waals surface area (Å²) in [4.78, 5) is 3.80. The highest BCUT2D eigenvalue weighted by molar-refractivity contribution is 6.20. The fourth-order valence-electron chi connectivity index (χ4n) is 0.465. The van der Waals surface area contributed by atoms with Crippen molar-refractivity contribution in [3.05, 3.63) is 5.82 Å². The molecule has 1 atom stereocenters. The maximum Gasteiger partial charge on any atom is 0.417 e. The maximum absolute atomic E-state index is 5.63. The van der Waals surface area contributed by atoms with Gasteiger partial charge in [0, 0.05) is 0 Å². The molecule has 1 aromatic rings. The molecular weight excluding hydrogens is 156 g/mol. The predicted octanol–water partition coefficient (Wildman–Crippen LogP) is 1.38. The van der Waals surface area contributed by atoms with Gasteiger partial charge in [0.2, 0.25) is 0 Å². The van der Waals surface area contributed by atoms with Gasteiger partial charge in [0.05, 0.1) is 12.5 Å². The Bertz CT molecular complexity index is 211. The first-order valence-electron chi connectivity index (χ1n) is 2.75. The van der Waals surface area contributed by atoms with Crippen molar-refractivity contribution < 1.29 is 9.26 Å². The van der Waals surface area contributed by atoms with Crippen LogP contribution in [0.3, 0.4) is 0 Å². The molecule has 10 heavy (non-hydrogen) atoms. The smallest absolute Gasteiger partial charge is 0.417 e. The summed E-state index contributed by atoms with van der Waals surface area (Å²) in [5, 5.41) is 3.30. The molecule has 1 unspecified atom stereocenters. The number of nitrogens with zero attached hydrogens (tertiary/aromatic N) is 2.